The van der Waals surface area contributed by atoms with Crippen molar-refractivity contribution in [1.29, 1.82) is 0 Å². The predicted octanol–water partition coefficient (Wildman–Crippen LogP) is 0.709. The van der Waals surface area contributed by atoms with Gasteiger partial charge >= 0.3 is 0 Å². The number of morpholine rings is 1. The molecule has 1 aromatic rings. The Morgan fingerprint density at radius 3 is 2.68 bits per heavy atom. The van der Waals surface area contributed by atoms with Crippen molar-refractivity contribution in [3.05, 3.63) is 18.0 Å². The fraction of sp³-hybridized carbons (Fsp3) is 0.706. The second-order valence-electron chi connectivity index (χ2n) is 6.68. The molecule has 0 aromatic carbocycles. The van der Waals surface area contributed by atoms with E-state index in [0.717, 1.165) is 43.2 Å². The highest BCUT2D eigenvalue weighted by atomic mass is 32.2. The number of rotatable bonds is 5. The van der Waals surface area contributed by atoms with Crippen LogP contribution in [-0.4, -0.2) is 90.2 Å². The molecule has 0 saturated carbocycles. The zero-order chi connectivity index (χ0) is 17.6. The van der Waals surface area contributed by atoms with Gasteiger partial charge in [-0.25, -0.2) is 9.97 Å². The van der Waals surface area contributed by atoms with Crippen LogP contribution in [-0.2, 0) is 16.1 Å². The maximum absolute atomic E-state index is 12.6. The Kier molecular flexibility index (Phi) is 6.50. The number of carbonyl (C=O) groups excluding carboxylic acids is 1. The number of thioether (sulfide) groups is 1. The van der Waals surface area contributed by atoms with Gasteiger partial charge in [-0.05, 0) is 0 Å². The molecule has 2 saturated heterocycles. The van der Waals surface area contributed by atoms with Crippen molar-refractivity contribution in [3.8, 4) is 0 Å². The number of aromatic nitrogens is 2. The van der Waals surface area contributed by atoms with Gasteiger partial charge in [0.25, 0.3) is 0 Å². The number of nitrogens with zero attached hydrogens (tertiary/aromatic N) is 5. The number of anilines is 1. The van der Waals surface area contributed by atoms with E-state index in [1.807, 2.05) is 48.1 Å². The van der Waals surface area contributed by atoms with Crippen LogP contribution in [0.5, 0.6) is 0 Å². The third kappa shape index (κ3) is 5.05. The lowest BCUT2D eigenvalue weighted by Crippen LogP contribution is -2.48. The molecule has 7 nitrogen and oxygen atoms in total. The van der Waals surface area contributed by atoms with Gasteiger partial charge in [-0.15, -0.1) is 0 Å². The standard InChI is InChI=1S/C17H27N5O2S/c1-20(2)17-18-10-14(11-19-17)12-22-3-6-24-13-15(22)9-16(23)21-4-7-25-8-5-21/h10-11,15H,3-9,12-13H2,1-2H3. The molecule has 0 radical (unpaired) electrons. The smallest absolute Gasteiger partial charge is 0.224 e. The number of hydrogen-bond donors (Lipinski definition) is 0. The number of ether oxygens (including phenoxy) is 1. The largest absolute Gasteiger partial charge is 0.378 e. The van der Waals surface area contributed by atoms with E-state index in [1.54, 1.807) is 0 Å². The maximum atomic E-state index is 12.6. The fourth-order valence-corrected chi connectivity index (χ4v) is 4.03. The first-order valence-electron chi connectivity index (χ1n) is 8.79. The Labute approximate surface area is 153 Å². The summed E-state index contributed by atoms with van der Waals surface area (Å²) in [6, 6.07) is 0.129. The molecule has 1 amide bonds. The SMILES string of the molecule is CN(C)c1ncc(CN2CCOCC2CC(=O)N2CCSCC2)cn1. The Bertz CT molecular complexity index is 563. The van der Waals surface area contributed by atoms with Crippen molar-refractivity contribution in [2.45, 2.75) is 19.0 Å². The summed E-state index contributed by atoms with van der Waals surface area (Å²) in [6.07, 6.45) is 4.28. The van der Waals surface area contributed by atoms with Crippen LogP contribution in [0.25, 0.3) is 0 Å². The average Bonchev–Trinajstić information content (AvgIpc) is 2.64. The third-order valence-electron chi connectivity index (χ3n) is 4.60. The van der Waals surface area contributed by atoms with E-state index >= 15 is 0 Å². The number of amides is 1. The molecule has 0 spiro atoms. The summed E-state index contributed by atoms with van der Waals surface area (Å²) in [7, 11) is 3.86. The maximum Gasteiger partial charge on any atom is 0.224 e. The van der Waals surface area contributed by atoms with Crippen molar-refractivity contribution in [1.82, 2.24) is 19.8 Å². The quantitative estimate of drug-likeness (QED) is 0.761. The van der Waals surface area contributed by atoms with Gasteiger partial charge in [0.15, 0.2) is 0 Å². The molecule has 0 aliphatic carbocycles. The minimum Gasteiger partial charge on any atom is -0.378 e. The molecule has 8 heteroatoms. The van der Waals surface area contributed by atoms with E-state index < -0.39 is 0 Å². The molecule has 0 bridgehead atoms. The Morgan fingerprint density at radius 1 is 1.28 bits per heavy atom. The number of hydrogen-bond acceptors (Lipinski definition) is 7. The first-order chi connectivity index (χ1) is 12.1. The van der Waals surface area contributed by atoms with Crippen molar-refractivity contribution in [2.24, 2.45) is 0 Å². The van der Waals surface area contributed by atoms with E-state index in [2.05, 4.69) is 14.9 Å². The zero-order valence-corrected chi connectivity index (χ0v) is 15.9. The molecule has 3 rings (SSSR count). The molecule has 138 valence electrons. The summed E-state index contributed by atoms with van der Waals surface area (Å²) < 4.78 is 5.63. The van der Waals surface area contributed by atoms with Gasteiger partial charge in [0, 0.05) is 82.2 Å². The van der Waals surface area contributed by atoms with Crippen LogP contribution in [0.1, 0.15) is 12.0 Å². The zero-order valence-electron chi connectivity index (χ0n) is 15.1. The lowest BCUT2D eigenvalue weighted by Gasteiger charge is -2.36. The molecular weight excluding hydrogens is 338 g/mol. The molecule has 2 fully saturated rings. The highest BCUT2D eigenvalue weighted by Crippen LogP contribution is 2.18. The summed E-state index contributed by atoms with van der Waals surface area (Å²) in [5, 5.41) is 0. The Morgan fingerprint density at radius 2 is 2.00 bits per heavy atom. The number of carbonyl (C=O) groups is 1. The van der Waals surface area contributed by atoms with Gasteiger partial charge in [-0.2, -0.15) is 11.8 Å². The minimum atomic E-state index is 0.129. The second kappa shape index (κ2) is 8.82. The third-order valence-corrected chi connectivity index (χ3v) is 5.54. The lowest BCUT2D eigenvalue weighted by molar-refractivity contribution is -0.134. The molecule has 1 unspecified atom stereocenters. The van der Waals surface area contributed by atoms with E-state index in [0.29, 0.717) is 25.6 Å². The highest BCUT2D eigenvalue weighted by molar-refractivity contribution is 7.99. The van der Waals surface area contributed by atoms with Crippen LogP contribution in [0.2, 0.25) is 0 Å². The molecular formula is C17H27N5O2S. The molecule has 2 aliphatic heterocycles. The lowest BCUT2D eigenvalue weighted by atomic mass is 10.1. The van der Waals surface area contributed by atoms with Crippen LogP contribution in [0.15, 0.2) is 12.4 Å². The van der Waals surface area contributed by atoms with Gasteiger partial charge in [0.2, 0.25) is 11.9 Å². The summed E-state index contributed by atoms with van der Waals surface area (Å²) in [5.41, 5.74) is 1.07. The van der Waals surface area contributed by atoms with E-state index in [4.69, 9.17) is 4.74 Å². The van der Waals surface area contributed by atoms with Crippen molar-refractivity contribution < 1.29 is 9.53 Å². The van der Waals surface area contributed by atoms with Gasteiger partial charge in [0.05, 0.1) is 13.2 Å². The summed E-state index contributed by atoms with van der Waals surface area (Å²) in [4.78, 5) is 27.6. The van der Waals surface area contributed by atoms with Crippen LogP contribution < -0.4 is 4.90 Å². The molecule has 3 heterocycles. The average molecular weight is 366 g/mol. The van der Waals surface area contributed by atoms with E-state index in [-0.39, 0.29) is 11.9 Å². The first-order valence-corrected chi connectivity index (χ1v) is 9.94. The van der Waals surface area contributed by atoms with E-state index in [9.17, 15) is 4.79 Å². The Balaban J connectivity index is 1.59. The summed E-state index contributed by atoms with van der Waals surface area (Å²) in [5.74, 6) is 3.05. The van der Waals surface area contributed by atoms with Gasteiger partial charge in [-0.1, -0.05) is 0 Å². The van der Waals surface area contributed by atoms with Gasteiger partial charge in [0.1, 0.15) is 0 Å². The van der Waals surface area contributed by atoms with Crippen molar-refractivity contribution >= 4 is 23.6 Å². The normalized spacial score (nSPS) is 22.0. The van der Waals surface area contributed by atoms with Gasteiger partial charge < -0.3 is 14.5 Å². The molecule has 2 aliphatic rings. The van der Waals surface area contributed by atoms with Crippen LogP contribution >= 0.6 is 11.8 Å². The monoisotopic (exact) mass is 365 g/mol. The predicted molar refractivity (Wildman–Crippen MR) is 99.9 cm³/mol. The minimum absolute atomic E-state index is 0.129. The Hall–Kier alpha value is -1.38. The van der Waals surface area contributed by atoms with Crippen molar-refractivity contribution in [2.75, 3.05) is 63.3 Å². The fourth-order valence-electron chi connectivity index (χ4n) is 3.12. The molecule has 1 aromatic heterocycles. The van der Waals surface area contributed by atoms with Crippen molar-refractivity contribution in [3.63, 3.8) is 0 Å². The summed E-state index contributed by atoms with van der Waals surface area (Å²) in [6.45, 7) is 4.66. The van der Waals surface area contributed by atoms with E-state index in [1.165, 1.54) is 0 Å². The topological polar surface area (TPSA) is 61.8 Å². The molecule has 1 atom stereocenters. The molecule has 0 N–H and O–H groups in total. The van der Waals surface area contributed by atoms with Gasteiger partial charge in [-0.3, -0.25) is 9.69 Å². The molecule has 25 heavy (non-hydrogen) atoms. The second-order valence-corrected chi connectivity index (χ2v) is 7.91. The van der Waals surface area contributed by atoms with Crippen LogP contribution in [0.4, 0.5) is 5.95 Å². The van der Waals surface area contributed by atoms with Crippen LogP contribution in [0, 0.1) is 0 Å². The highest BCUT2D eigenvalue weighted by Gasteiger charge is 2.28. The van der Waals surface area contributed by atoms with Crippen LogP contribution in [0.3, 0.4) is 0 Å². The summed E-state index contributed by atoms with van der Waals surface area (Å²) >= 11 is 1.92. The first kappa shape index (κ1) is 18.4.